The molecule has 2 unspecified atom stereocenters. The quantitative estimate of drug-likeness (QED) is 0.0118. The second-order valence-electron chi connectivity index (χ2n) is 18.1. The number of rotatable bonds is 35. The summed E-state index contributed by atoms with van der Waals surface area (Å²) in [7, 11) is 0. The first-order valence-corrected chi connectivity index (χ1v) is 27.0. The van der Waals surface area contributed by atoms with Gasteiger partial charge in [0.15, 0.2) is 11.8 Å². The van der Waals surface area contributed by atoms with E-state index in [0.717, 1.165) is 42.7 Å². The number of nitrogens with zero attached hydrogens (tertiary/aromatic N) is 6. The van der Waals surface area contributed by atoms with E-state index in [2.05, 4.69) is 59.0 Å². The first kappa shape index (κ1) is 58.7. The molecule has 410 valence electrons. The number of nitrogens with one attached hydrogen (secondary N) is 5. The summed E-state index contributed by atoms with van der Waals surface area (Å²) in [5.74, 6) is 4.78. The highest BCUT2D eigenvalue weighted by Gasteiger charge is 2.42. The minimum Gasteiger partial charge on any atom is -0.508 e. The van der Waals surface area contributed by atoms with Crippen molar-refractivity contribution in [2.45, 2.75) is 101 Å². The van der Waals surface area contributed by atoms with Crippen LogP contribution >= 0.6 is 11.8 Å². The Morgan fingerprint density at radius 2 is 1.48 bits per heavy atom. The van der Waals surface area contributed by atoms with E-state index in [1.165, 1.54) is 18.2 Å². The summed E-state index contributed by atoms with van der Waals surface area (Å²) in [5, 5.41) is 60.5. The Balaban J connectivity index is 0.770. The summed E-state index contributed by atoms with van der Waals surface area (Å²) in [4.78, 5) is 60.8. The zero-order chi connectivity index (χ0) is 54.5. The molecule has 2 fully saturated rings. The minimum atomic E-state index is -1.17. The Bertz CT molecular complexity index is 2700. The number of hydrogen-bond acceptors (Lipinski definition) is 16. The lowest BCUT2D eigenvalue weighted by atomic mass is 10.0. The summed E-state index contributed by atoms with van der Waals surface area (Å²) in [5.41, 5.74) is 3.26. The molecule has 0 bridgehead atoms. The van der Waals surface area contributed by atoms with Gasteiger partial charge in [-0.3, -0.25) is 19.1 Å². The second-order valence-corrected chi connectivity index (χ2v) is 19.4. The van der Waals surface area contributed by atoms with Crippen molar-refractivity contribution in [3.63, 3.8) is 0 Å². The zero-order valence-corrected chi connectivity index (χ0v) is 43.8. The van der Waals surface area contributed by atoms with Crippen molar-refractivity contribution in [1.29, 1.82) is 5.26 Å². The first-order chi connectivity index (χ1) is 37.5. The Kier molecular flexibility index (Phi) is 25.0. The van der Waals surface area contributed by atoms with Gasteiger partial charge in [-0.2, -0.15) is 17.0 Å². The number of unbranched alkanes of at least 4 members (excludes halogenated alkanes) is 2. The van der Waals surface area contributed by atoms with Crippen LogP contribution in [0.5, 0.6) is 11.5 Å². The van der Waals surface area contributed by atoms with Gasteiger partial charge in [-0.15, -0.1) is 15.3 Å². The number of phenolic OH excluding ortho intramolecular Hbond substituents is 1. The summed E-state index contributed by atoms with van der Waals surface area (Å²) < 4.78 is 24.2. The van der Waals surface area contributed by atoms with Crippen molar-refractivity contribution < 1.29 is 53.1 Å². The number of benzene rings is 3. The summed E-state index contributed by atoms with van der Waals surface area (Å²) in [6.45, 7) is 3.56. The van der Waals surface area contributed by atoms with Crippen LogP contribution < -0.4 is 31.3 Å². The van der Waals surface area contributed by atoms with Crippen LogP contribution in [0, 0.1) is 23.2 Å². The highest BCUT2D eigenvalue weighted by Crippen LogP contribution is 2.34. The third-order valence-corrected chi connectivity index (χ3v) is 13.7. The largest absolute Gasteiger partial charge is 0.508 e. The molecule has 7 N–H and O–H groups in total. The van der Waals surface area contributed by atoms with Gasteiger partial charge in [-0.25, -0.2) is 9.59 Å². The molecule has 77 heavy (non-hydrogen) atoms. The van der Waals surface area contributed by atoms with Crippen molar-refractivity contribution in [2.75, 3.05) is 70.4 Å². The highest BCUT2D eigenvalue weighted by atomic mass is 32.2. The number of nitriles is 1. The molecule has 3 atom stereocenters. The fourth-order valence-corrected chi connectivity index (χ4v) is 9.85. The molecule has 3 heterocycles. The number of aromatic nitrogens is 3. The molecule has 2 aliphatic rings. The fraction of sp³-hybridized carbons (Fsp3) is 0.481. The van der Waals surface area contributed by atoms with E-state index < -0.39 is 5.97 Å². The van der Waals surface area contributed by atoms with Crippen molar-refractivity contribution in [3.8, 4) is 29.4 Å². The van der Waals surface area contributed by atoms with Crippen molar-refractivity contribution in [3.05, 3.63) is 89.2 Å². The summed E-state index contributed by atoms with van der Waals surface area (Å²) in [6, 6.07) is 18.3. The van der Waals surface area contributed by atoms with E-state index in [1.54, 1.807) is 53.2 Å². The molecule has 6 rings (SSSR count). The summed E-state index contributed by atoms with van der Waals surface area (Å²) >= 11 is 1.88. The number of azo groups is 1. The average Bonchev–Trinajstić information content (AvgIpc) is 4.16. The molecule has 0 radical (unpaired) electrons. The number of anilines is 1. The van der Waals surface area contributed by atoms with Gasteiger partial charge < -0.3 is 55.7 Å². The Labute approximate surface area is 451 Å². The Morgan fingerprint density at radius 1 is 0.779 bits per heavy atom. The second kappa shape index (κ2) is 32.8. The lowest BCUT2D eigenvalue weighted by Gasteiger charge is -2.16. The van der Waals surface area contributed by atoms with Gasteiger partial charge in [0.1, 0.15) is 23.7 Å². The number of fused-ring (bicyclic) bond motifs is 1. The number of amides is 5. The number of aromatic carboxylic acids is 1. The molecule has 0 saturated carbocycles. The van der Waals surface area contributed by atoms with Gasteiger partial charge in [0.25, 0.3) is 0 Å². The molecule has 0 spiro atoms. The van der Waals surface area contributed by atoms with Gasteiger partial charge >= 0.3 is 12.0 Å². The number of aryl methyl sites for hydroxylation is 3. The van der Waals surface area contributed by atoms with Gasteiger partial charge in [0, 0.05) is 79.3 Å². The van der Waals surface area contributed by atoms with E-state index in [9.17, 15) is 34.2 Å². The molecule has 22 nitrogen and oxygen atoms in total. The first-order valence-electron chi connectivity index (χ1n) is 25.9. The van der Waals surface area contributed by atoms with Crippen LogP contribution in [-0.4, -0.2) is 137 Å². The number of phenols is 1. The molecule has 1 aromatic heterocycles. The molecule has 4 aromatic rings. The van der Waals surface area contributed by atoms with Crippen molar-refractivity contribution >= 4 is 58.5 Å². The Hall–Kier alpha value is -7.57. The number of carboxylic acid groups (broad SMARTS) is 1. The highest BCUT2D eigenvalue weighted by molar-refractivity contribution is 8.00. The molecule has 23 heteroatoms. The number of ether oxygens (including phenoxy) is 4. The van der Waals surface area contributed by atoms with Crippen molar-refractivity contribution in [1.82, 2.24) is 36.3 Å². The number of carbonyl (C=O) groups is 5. The number of carboxylic acids is 1. The van der Waals surface area contributed by atoms with Gasteiger partial charge in [0.05, 0.1) is 63.0 Å². The number of urea groups is 1. The molecule has 2 saturated heterocycles. The maximum atomic E-state index is 12.5. The van der Waals surface area contributed by atoms with Crippen molar-refractivity contribution in [2.24, 2.45) is 10.2 Å². The van der Waals surface area contributed by atoms with E-state index in [0.29, 0.717) is 121 Å². The molecule has 5 amide bonds. The lowest BCUT2D eigenvalue weighted by molar-refractivity contribution is -0.122. The maximum absolute atomic E-state index is 12.5. The monoisotopic (exact) mass is 1080 g/mol. The van der Waals surface area contributed by atoms with Gasteiger partial charge in [-0.1, -0.05) is 23.6 Å². The van der Waals surface area contributed by atoms with Gasteiger partial charge in [0.2, 0.25) is 17.7 Å². The smallest absolute Gasteiger partial charge is 0.337 e. The van der Waals surface area contributed by atoms with E-state index in [-0.39, 0.29) is 77.5 Å². The number of hydrogen-bond donors (Lipinski definition) is 7. The van der Waals surface area contributed by atoms with Crippen LogP contribution in [0.4, 0.5) is 21.9 Å². The number of thioether (sulfide) groups is 1. The lowest BCUT2D eigenvalue weighted by Crippen LogP contribution is -2.36. The summed E-state index contributed by atoms with van der Waals surface area (Å²) in [6.07, 6.45) is 9.38. The van der Waals surface area contributed by atoms with Crippen LogP contribution in [0.1, 0.15) is 91.4 Å². The maximum Gasteiger partial charge on any atom is 0.337 e. The molecule has 3 aromatic carbocycles. The predicted molar refractivity (Wildman–Crippen MR) is 286 cm³/mol. The standard InChI is InChI=1S/C54H67N11O11S/c55-23-6-8-38-15-18-40(19-16-38)58-51(69)13-3-4-26-65-36-41(61-64-65)10-5-14-50(68)56-24-7-9-39-17-21-44(43(34-39)53(70)71)62-63-45-22-20-42(66)35-47(45)76-33-32-75-31-30-74-29-28-73-27-25-57-49(67)12-2-1-11-48-52-46(37-77-48)59-54(72)60-52/h15-22,34-36,46,48,52,66H,1-5,7,9-14,24-33,37H2,(H,56,68)(H,57,67)(H,58,69)(H,70,71)(H2,59,60,72)/t46?,48-,52?/m0/s1. The van der Waals surface area contributed by atoms with E-state index >= 15 is 0 Å². The van der Waals surface area contributed by atoms with Crippen LogP contribution in [-0.2, 0) is 48.0 Å². The minimum absolute atomic E-state index is 0.00268. The van der Waals surface area contributed by atoms with Crippen LogP contribution in [0.2, 0.25) is 0 Å². The SMILES string of the molecule is N#CC#Cc1ccc(NC(=O)CCCCn2cc(CCCC(=O)NCCCc3ccc(N=Nc4ccc(O)cc4OCCOCCOCCOCCNC(=O)CCCC[C@@H]4SCC5NC(=O)NC54)c(C(=O)O)c3)nn2)cc1. The van der Waals surface area contributed by atoms with Crippen LogP contribution in [0.15, 0.2) is 77.1 Å². The van der Waals surface area contributed by atoms with Crippen LogP contribution in [0.3, 0.4) is 0 Å². The average molecular weight is 1080 g/mol. The molecule has 0 aliphatic carbocycles. The predicted octanol–water partition coefficient (Wildman–Crippen LogP) is 6.12. The third-order valence-electron chi connectivity index (χ3n) is 12.2. The van der Waals surface area contributed by atoms with Gasteiger partial charge in [-0.05, 0) is 105 Å². The fourth-order valence-electron chi connectivity index (χ4n) is 8.30. The number of aromatic hydroxyl groups is 1. The normalized spacial score (nSPS) is 15.4. The van der Waals surface area contributed by atoms with Crippen LogP contribution in [0.25, 0.3) is 0 Å². The number of carbonyl (C=O) groups excluding carboxylic acids is 4. The topological polar surface area (TPSA) is 302 Å². The third kappa shape index (κ3) is 21.5. The zero-order valence-electron chi connectivity index (χ0n) is 43.0. The molecule has 2 aliphatic heterocycles. The van der Waals surface area contributed by atoms with E-state index in [1.807, 2.05) is 18.0 Å². The van der Waals surface area contributed by atoms with E-state index in [4.69, 9.17) is 24.2 Å². The Morgan fingerprint density at radius 3 is 2.26 bits per heavy atom. The molecular formula is C54H67N11O11S. The molecular weight excluding hydrogens is 1010 g/mol.